The van der Waals surface area contributed by atoms with Gasteiger partial charge in [-0.05, 0) is 46.6 Å². The van der Waals surface area contributed by atoms with Crippen molar-refractivity contribution in [1.82, 2.24) is 19.6 Å². The summed E-state index contributed by atoms with van der Waals surface area (Å²) in [6.07, 6.45) is 3.52. The quantitative estimate of drug-likeness (QED) is 0.633. The average Bonchev–Trinajstić information content (AvgIpc) is 3.17. The molecule has 0 radical (unpaired) electrons. The summed E-state index contributed by atoms with van der Waals surface area (Å²) >= 11 is 15.5. The predicted octanol–water partition coefficient (Wildman–Crippen LogP) is 4.47. The maximum atomic E-state index is 12.3. The largest absolute Gasteiger partial charge is 0.303 e. The first-order valence-electron chi connectivity index (χ1n) is 7.48. The molecule has 9 heteroatoms. The first-order valence-corrected chi connectivity index (χ1v) is 9.03. The van der Waals surface area contributed by atoms with E-state index in [1.54, 1.807) is 40.0 Å². The van der Waals surface area contributed by atoms with Gasteiger partial charge in [0.05, 0.1) is 11.0 Å². The Balaban J connectivity index is 1.74. The highest BCUT2D eigenvalue weighted by atomic mass is 79.9. The van der Waals surface area contributed by atoms with E-state index in [2.05, 4.69) is 31.4 Å². The summed E-state index contributed by atoms with van der Waals surface area (Å²) in [6.45, 7) is 3.11. The molecular formula is C16H14BrCl2N5O. The Bertz CT molecular complexity index is 921. The van der Waals surface area contributed by atoms with Crippen LogP contribution in [0, 0.1) is 0 Å². The van der Waals surface area contributed by atoms with Gasteiger partial charge in [0.2, 0.25) is 0 Å². The van der Waals surface area contributed by atoms with E-state index in [1.807, 2.05) is 13.0 Å². The molecule has 0 spiro atoms. The third kappa shape index (κ3) is 4.23. The Morgan fingerprint density at radius 3 is 2.72 bits per heavy atom. The van der Waals surface area contributed by atoms with Crippen LogP contribution in [0.2, 0.25) is 10.0 Å². The SMILES string of the molecule is CCn1ccc(C(=O)Nc2nn(Cc3ccc(Cl)cc3Cl)cc2Br)n1. The second-order valence-electron chi connectivity index (χ2n) is 5.27. The minimum atomic E-state index is -0.317. The lowest BCUT2D eigenvalue weighted by Crippen LogP contribution is -2.14. The fourth-order valence-electron chi connectivity index (χ4n) is 2.22. The normalized spacial score (nSPS) is 10.9. The number of anilines is 1. The van der Waals surface area contributed by atoms with Gasteiger partial charge in [0.1, 0.15) is 0 Å². The van der Waals surface area contributed by atoms with Gasteiger partial charge >= 0.3 is 0 Å². The Morgan fingerprint density at radius 1 is 1.24 bits per heavy atom. The number of nitrogens with zero attached hydrogens (tertiary/aromatic N) is 4. The van der Waals surface area contributed by atoms with Crippen LogP contribution in [0.4, 0.5) is 5.82 Å². The topological polar surface area (TPSA) is 64.7 Å². The van der Waals surface area contributed by atoms with Gasteiger partial charge in [-0.15, -0.1) is 0 Å². The lowest BCUT2D eigenvalue weighted by atomic mass is 10.2. The van der Waals surface area contributed by atoms with Gasteiger partial charge in [-0.1, -0.05) is 29.3 Å². The van der Waals surface area contributed by atoms with Crippen molar-refractivity contribution in [3.63, 3.8) is 0 Å². The van der Waals surface area contributed by atoms with Crippen molar-refractivity contribution in [3.8, 4) is 0 Å². The molecule has 3 aromatic rings. The van der Waals surface area contributed by atoms with E-state index < -0.39 is 0 Å². The molecule has 0 unspecified atom stereocenters. The average molecular weight is 443 g/mol. The fourth-order valence-corrected chi connectivity index (χ4v) is 3.10. The molecule has 0 aliphatic heterocycles. The molecule has 6 nitrogen and oxygen atoms in total. The Labute approximate surface area is 162 Å². The van der Waals surface area contributed by atoms with E-state index in [4.69, 9.17) is 23.2 Å². The van der Waals surface area contributed by atoms with Crippen LogP contribution in [0.3, 0.4) is 0 Å². The third-order valence-corrected chi connectivity index (χ3v) is 4.66. The second kappa shape index (κ2) is 7.59. The number of aryl methyl sites for hydroxylation is 1. The standard InChI is InChI=1S/C16H14BrCl2N5O/c1-2-23-6-5-14(21-23)16(25)20-15-12(17)9-24(22-15)8-10-3-4-11(18)7-13(10)19/h3-7,9H,2,8H2,1H3,(H,20,22,25). The molecule has 0 bridgehead atoms. The third-order valence-electron chi connectivity index (χ3n) is 3.49. The smallest absolute Gasteiger partial charge is 0.277 e. The molecular weight excluding hydrogens is 429 g/mol. The molecule has 0 fully saturated rings. The van der Waals surface area contributed by atoms with Gasteiger partial charge in [0.15, 0.2) is 11.5 Å². The van der Waals surface area contributed by atoms with E-state index in [-0.39, 0.29) is 5.91 Å². The van der Waals surface area contributed by atoms with E-state index in [0.29, 0.717) is 39.1 Å². The monoisotopic (exact) mass is 441 g/mol. The van der Waals surface area contributed by atoms with Crippen LogP contribution in [-0.2, 0) is 13.1 Å². The first kappa shape index (κ1) is 18.0. The van der Waals surface area contributed by atoms with Gasteiger partial charge in [0, 0.05) is 29.0 Å². The molecule has 25 heavy (non-hydrogen) atoms. The van der Waals surface area contributed by atoms with Gasteiger partial charge in [-0.25, -0.2) is 0 Å². The minimum Gasteiger partial charge on any atom is -0.303 e. The van der Waals surface area contributed by atoms with E-state index >= 15 is 0 Å². The maximum Gasteiger partial charge on any atom is 0.277 e. The van der Waals surface area contributed by atoms with Crippen LogP contribution in [0.25, 0.3) is 0 Å². The molecule has 1 amide bonds. The molecule has 2 aromatic heterocycles. The summed E-state index contributed by atoms with van der Waals surface area (Å²) in [5.74, 6) is 0.101. The lowest BCUT2D eigenvalue weighted by Gasteiger charge is -2.05. The van der Waals surface area contributed by atoms with Crippen LogP contribution in [-0.4, -0.2) is 25.5 Å². The van der Waals surface area contributed by atoms with Crippen LogP contribution >= 0.6 is 39.1 Å². The molecule has 1 N–H and O–H groups in total. The van der Waals surface area contributed by atoms with Gasteiger partial charge < -0.3 is 5.32 Å². The zero-order valence-corrected chi connectivity index (χ0v) is 16.3. The highest BCUT2D eigenvalue weighted by Gasteiger charge is 2.15. The molecule has 1 aromatic carbocycles. The molecule has 0 atom stereocenters. The molecule has 0 aliphatic carbocycles. The number of hydrogen-bond donors (Lipinski definition) is 1. The number of nitrogens with one attached hydrogen (secondary N) is 1. The summed E-state index contributed by atoms with van der Waals surface area (Å²) < 4.78 is 4.03. The van der Waals surface area contributed by atoms with Gasteiger partial charge in [-0.3, -0.25) is 14.2 Å². The number of aromatic nitrogens is 4. The van der Waals surface area contributed by atoms with Crippen LogP contribution < -0.4 is 5.32 Å². The van der Waals surface area contributed by atoms with Crippen molar-refractivity contribution in [2.24, 2.45) is 0 Å². The molecule has 2 heterocycles. The van der Waals surface area contributed by atoms with Crippen LogP contribution in [0.1, 0.15) is 23.0 Å². The predicted molar refractivity (Wildman–Crippen MR) is 101 cm³/mol. The highest BCUT2D eigenvalue weighted by Crippen LogP contribution is 2.24. The fraction of sp³-hybridized carbons (Fsp3) is 0.188. The summed E-state index contributed by atoms with van der Waals surface area (Å²) in [7, 11) is 0. The van der Waals surface area contributed by atoms with E-state index in [0.717, 1.165) is 5.56 Å². The van der Waals surface area contributed by atoms with Gasteiger partial charge in [0.25, 0.3) is 5.91 Å². The van der Waals surface area contributed by atoms with Crippen molar-refractivity contribution in [3.05, 3.63) is 62.4 Å². The maximum absolute atomic E-state index is 12.3. The minimum absolute atomic E-state index is 0.317. The zero-order chi connectivity index (χ0) is 18.0. The lowest BCUT2D eigenvalue weighted by molar-refractivity contribution is 0.102. The number of amides is 1. The number of rotatable bonds is 5. The zero-order valence-electron chi connectivity index (χ0n) is 13.2. The molecule has 0 aliphatic rings. The highest BCUT2D eigenvalue weighted by molar-refractivity contribution is 9.10. The molecule has 0 saturated heterocycles. The Kier molecular flexibility index (Phi) is 5.46. The first-order chi connectivity index (χ1) is 12.0. The number of halogens is 3. The summed E-state index contributed by atoms with van der Waals surface area (Å²) in [5.41, 5.74) is 1.21. The number of benzene rings is 1. The number of hydrogen-bond acceptors (Lipinski definition) is 3. The van der Waals surface area contributed by atoms with Crippen molar-refractivity contribution in [2.75, 3.05) is 5.32 Å². The molecule has 130 valence electrons. The van der Waals surface area contributed by atoms with Crippen LogP contribution in [0.15, 0.2) is 41.1 Å². The second-order valence-corrected chi connectivity index (χ2v) is 6.97. The van der Waals surface area contributed by atoms with E-state index in [1.165, 1.54) is 0 Å². The van der Waals surface area contributed by atoms with Crippen molar-refractivity contribution < 1.29 is 4.79 Å². The summed E-state index contributed by atoms with van der Waals surface area (Å²) in [5, 5.41) is 12.4. The number of carbonyl (C=O) groups excluding carboxylic acids is 1. The van der Waals surface area contributed by atoms with Crippen molar-refractivity contribution in [2.45, 2.75) is 20.0 Å². The van der Waals surface area contributed by atoms with Crippen molar-refractivity contribution in [1.29, 1.82) is 0 Å². The molecule has 0 saturated carbocycles. The number of carbonyl (C=O) groups is 1. The van der Waals surface area contributed by atoms with Gasteiger partial charge in [-0.2, -0.15) is 10.2 Å². The van der Waals surface area contributed by atoms with E-state index in [9.17, 15) is 4.79 Å². The Hall–Kier alpha value is -1.83. The van der Waals surface area contributed by atoms with Crippen molar-refractivity contribution >= 4 is 50.9 Å². The summed E-state index contributed by atoms with van der Waals surface area (Å²) in [4.78, 5) is 12.3. The Morgan fingerprint density at radius 2 is 2.04 bits per heavy atom. The molecule has 3 rings (SSSR count). The summed E-state index contributed by atoms with van der Waals surface area (Å²) in [6, 6.07) is 6.96. The van der Waals surface area contributed by atoms with Crippen LogP contribution in [0.5, 0.6) is 0 Å².